The van der Waals surface area contributed by atoms with Gasteiger partial charge in [0.05, 0.1) is 0 Å². The highest BCUT2D eigenvalue weighted by atomic mass is 16.5. The summed E-state index contributed by atoms with van der Waals surface area (Å²) in [6.45, 7) is 4.03. The fraction of sp³-hybridized carbons (Fsp3) is 1.00. The molecule has 0 saturated heterocycles. The van der Waals surface area contributed by atoms with Crippen LogP contribution in [0.4, 0.5) is 0 Å². The van der Waals surface area contributed by atoms with Crippen molar-refractivity contribution < 1.29 is 4.74 Å². The van der Waals surface area contributed by atoms with Gasteiger partial charge >= 0.3 is 0 Å². The molecule has 2 aliphatic rings. The zero-order chi connectivity index (χ0) is 7.68. The van der Waals surface area contributed by atoms with Crippen LogP contribution in [0.5, 0.6) is 0 Å². The maximum Gasteiger partial charge on any atom is 0.0496 e. The molecule has 2 bridgehead atoms. The van der Waals surface area contributed by atoms with Crippen LogP contribution < -0.4 is 0 Å². The molecular weight excluding hydrogens is 136 g/mol. The summed E-state index contributed by atoms with van der Waals surface area (Å²) >= 11 is 0. The lowest BCUT2D eigenvalue weighted by molar-refractivity contribution is 0.0877. The second kappa shape index (κ2) is 3.14. The van der Waals surface area contributed by atoms with Gasteiger partial charge in [-0.3, -0.25) is 0 Å². The average molecular weight is 154 g/mol. The Labute approximate surface area is 69.1 Å². The van der Waals surface area contributed by atoms with Crippen molar-refractivity contribution in [3.05, 3.63) is 0 Å². The number of hydrogen-bond donors (Lipinski definition) is 0. The lowest BCUT2D eigenvalue weighted by atomic mass is 9.90. The zero-order valence-electron chi connectivity index (χ0n) is 7.38. The molecule has 0 aromatic heterocycles. The van der Waals surface area contributed by atoms with Crippen molar-refractivity contribution in [1.82, 2.24) is 0 Å². The van der Waals surface area contributed by atoms with Crippen molar-refractivity contribution in [1.29, 1.82) is 0 Å². The van der Waals surface area contributed by atoms with Crippen molar-refractivity contribution in [3.8, 4) is 0 Å². The van der Waals surface area contributed by atoms with E-state index in [4.69, 9.17) is 4.74 Å². The standard InChI is InChI=1S/C10H18O/c1-2-11-7-10-6-8-3-4-9(10)5-8/h8-10H,2-7H2,1H3. The molecule has 0 radical (unpaired) electrons. The van der Waals surface area contributed by atoms with Crippen molar-refractivity contribution in [2.75, 3.05) is 13.2 Å². The van der Waals surface area contributed by atoms with E-state index in [1.54, 1.807) is 0 Å². The molecule has 0 heterocycles. The molecule has 2 aliphatic carbocycles. The maximum absolute atomic E-state index is 5.47. The Morgan fingerprint density at radius 3 is 2.73 bits per heavy atom. The van der Waals surface area contributed by atoms with E-state index in [1.807, 2.05) is 0 Å². The molecule has 1 heteroatoms. The fourth-order valence-corrected chi connectivity index (χ4v) is 2.85. The minimum absolute atomic E-state index is 0.897. The molecule has 11 heavy (non-hydrogen) atoms. The largest absolute Gasteiger partial charge is 0.381 e. The molecule has 3 unspecified atom stereocenters. The quantitative estimate of drug-likeness (QED) is 0.606. The number of hydrogen-bond acceptors (Lipinski definition) is 1. The lowest BCUT2D eigenvalue weighted by Gasteiger charge is -2.20. The van der Waals surface area contributed by atoms with Crippen LogP contribution in [0.25, 0.3) is 0 Å². The third-order valence-corrected chi connectivity index (χ3v) is 3.42. The Kier molecular flexibility index (Phi) is 2.17. The Hall–Kier alpha value is -0.0400. The predicted octanol–water partition coefficient (Wildman–Crippen LogP) is 2.46. The van der Waals surface area contributed by atoms with Gasteiger partial charge in [-0.25, -0.2) is 0 Å². The van der Waals surface area contributed by atoms with Gasteiger partial charge in [0.15, 0.2) is 0 Å². The molecule has 3 atom stereocenters. The number of ether oxygens (including phenoxy) is 1. The normalized spacial score (nSPS) is 41.7. The molecule has 0 N–H and O–H groups in total. The van der Waals surface area contributed by atoms with Gasteiger partial charge in [-0.2, -0.15) is 0 Å². The van der Waals surface area contributed by atoms with Crippen molar-refractivity contribution in [2.24, 2.45) is 17.8 Å². The highest BCUT2D eigenvalue weighted by molar-refractivity contribution is 4.89. The third kappa shape index (κ3) is 1.44. The van der Waals surface area contributed by atoms with Crippen LogP contribution in [0.2, 0.25) is 0 Å². The molecule has 2 saturated carbocycles. The van der Waals surface area contributed by atoms with E-state index >= 15 is 0 Å². The first-order valence-electron chi connectivity index (χ1n) is 4.98. The van der Waals surface area contributed by atoms with E-state index < -0.39 is 0 Å². The van der Waals surface area contributed by atoms with E-state index in [2.05, 4.69) is 6.92 Å². The van der Waals surface area contributed by atoms with E-state index in [0.29, 0.717) is 0 Å². The average Bonchev–Trinajstić information content (AvgIpc) is 2.60. The molecular formula is C10H18O. The first-order valence-corrected chi connectivity index (χ1v) is 4.98. The van der Waals surface area contributed by atoms with Crippen LogP contribution in [0.1, 0.15) is 32.6 Å². The monoisotopic (exact) mass is 154 g/mol. The minimum Gasteiger partial charge on any atom is -0.381 e. The van der Waals surface area contributed by atoms with E-state index in [0.717, 1.165) is 31.0 Å². The molecule has 0 aromatic rings. The molecule has 0 aliphatic heterocycles. The second-order valence-electron chi connectivity index (χ2n) is 4.09. The molecule has 64 valence electrons. The molecule has 2 rings (SSSR count). The Balaban J connectivity index is 1.78. The van der Waals surface area contributed by atoms with Gasteiger partial charge in [-0.1, -0.05) is 6.42 Å². The Morgan fingerprint density at radius 2 is 2.18 bits per heavy atom. The molecule has 1 nitrogen and oxygen atoms in total. The molecule has 0 aromatic carbocycles. The summed E-state index contributed by atoms with van der Waals surface area (Å²) in [7, 11) is 0. The lowest BCUT2D eigenvalue weighted by Crippen LogP contribution is -2.16. The maximum atomic E-state index is 5.47. The first-order chi connectivity index (χ1) is 5.40. The molecule has 0 spiro atoms. The Morgan fingerprint density at radius 1 is 1.27 bits per heavy atom. The topological polar surface area (TPSA) is 9.23 Å². The van der Waals surface area contributed by atoms with Crippen LogP contribution in [0, 0.1) is 17.8 Å². The van der Waals surface area contributed by atoms with Gasteiger partial charge in [-0.05, 0) is 43.9 Å². The number of fused-ring (bicyclic) bond motifs is 2. The van der Waals surface area contributed by atoms with Gasteiger partial charge in [0.1, 0.15) is 0 Å². The second-order valence-corrected chi connectivity index (χ2v) is 4.09. The van der Waals surface area contributed by atoms with Gasteiger partial charge in [0.2, 0.25) is 0 Å². The SMILES string of the molecule is CCOCC1CC2CCC1C2. The van der Waals surface area contributed by atoms with Crippen LogP contribution in [-0.4, -0.2) is 13.2 Å². The highest BCUT2D eigenvalue weighted by Gasteiger charge is 2.39. The van der Waals surface area contributed by atoms with Crippen LogP contribution in [-0.2, 0) is 4.74 Å². The summed E-state index contributed by atoms with van der Waals surface area (Å²) in [6.07, 6.45) is 5.97. The highest BCUT2D eigenvalue weighted by Crippen LogP contribution is 2.48. The predicted molar refractivity (Wildman–Crippen MR) is 45.4 cm³/mol. The summed E-state index contributed by atoms with van der Waals surface area (Å²) in [5.74, 6) is 3.03. The zero-order valence-corrected chi connectivity index (χ0v) is 7.38. The smallest absolute Gasteiger partial charge is 0.0496 e. The fourth-order valence-electron chi connectivity index (χ4n) is 2.85. The van der Waals surface area contributed by atoms with Gasteiger partial charge < -0.3 is 4.74 Å². The van der Waals surface area contributed by atoms with E-state index in [1.165, 1.54) is 25.7 Å². The van der Waals surface area contributed by atoms with Gasteiger partial charge in [0, 0.05) is 13.2 Å². The summed E-state index contributed by atoms with van der Waals surface area (Å²) in [4.78, 5) is 0. The summed E-state index contributed by atoms with van der Waals surface area (Å²) < 4.78 is 5.47. The van der Waals surface area contributed by atoms with Crippen molar-refractivity contribution in [3.63, 3.8) is 0 Å². The summed E-state index contributed by atoms with van der Waals surface area (Å²) in [5, 5.41) is 0. The van der Waals surface area contributed by atoms with Crippen LogP contribution in [0.3, 0.4) is 0 Å². The first kappa shape index (κ1) is 7.60. The van der Waals surface area contributed by atoms with Crippen molar-refractivity contribution >= 4 is 0 Å². The van der Waals surface area contributed by atoms with E-state index in [9.17, 15) is 0 Å². The Bertz CT molecular complexity index is 133. The van der Waals surface area contributed by atoms with Gasteiger partial charge in [0.25, 0.3) is 0 Å². The molecule has 0 amide bonds. The third-order valence-electron chi connectivity index (χ3n) is 3.42. The van der Waals surface area contributed by atoms with Crippen molar-refractivity contribution in [2.45, 2.75) is 32.6 Å². The van der Waals surface area contributed by atoms with Crippen LogP contribution >= 0.6 is 0 Å². The van der Waals surface area contributed by atoms with E-state index in [-0.39, 0.29) is 0 Å². The summed E-state index contributed by atoms with van der Waals surface area (Å²) in [5.41, 5.74) is 0. The minimum atomic E-state index is 0.897. The summed E-state index contributed by atoms with van der Waals surface area (Å²) in [6, 6.07) is 0. The van der Waals surface area contributed by atoms with Gasteiger partial charge in [-0.15, -0.1) is 0 Å². The number of rotatable bonds is 3. The van der Waals surface area contributed by atoms with Crippen LogP contribution in [0.15, 0.2) is 0 Å². The molecule has 2 fully saturated rings.